The van der Waals surface area contributed by atoms with Crippen molar-refractivity contribution >= 4 is 79.4 Å². The zero-order valence-corrected chi connectivity index (χ0v) is 47.8. The van der Waals surface area contributed by atoms with E-state index in [0.29, 0.717) is 0 Å². The fourth-order valence-electron chi connectivity index (χ4n) is 13.1. The van der Waals surface area contributed by atoms with Crippen molar-refractivity contribution in [2.45, 2.75) is 38.5 Å². The van der Waals surface area contributed by atoms with Gasteiger partial charge in [0, 0.05) is 56.3 Å². The first kappa shape index (κ1) is 51.7. The average molecular weight is 1080 g/mol. The second kappa shape index (κ2) is 21.5. The number of hydrogen-bond acceptors (Lipinski definition) is 4. The third kappa shape index (κ3) is 9.13. The molecule has 14 rings (SSSR count). The molecule has 0 aromatic heterocycles. The lowest BCUT2D eigenvalue weighted by Gasteiger charge is -2.42. The van der Waals surface area contributed by atoms with Crippen LogP contribution in [0, 0.1) is 0 Å². The Labute approximate surface area is 494 Å². The molecule has 0 radical (unpaired) electrons. The second-order valence-corrected chi connectivity index (χ2v) is 22.9. The van der Waals surface area contributed by atoms with E-state index < -0.39 is 0 Å². The van der Waals surface area contributed by atoms with Crippen LogP contribution in [0.15, 0.2) is 315 Å². The summed E-state index contributed by atoms with van der Waals surface area (Å²) in [4.78, 5) is 9.55. The molecule has 0 spiro atoms. The van der Waals surface area contributed by atoms with Crippen LogP contribution in [-0.2, 0) is 10.8 Å². The normalized spacial score (nSPS) is 13.8. The van der Waals surface area contributed by atoms with Crippen molar-refractivity contribution in [1.29, 1.82) is 0 Å². The van der Waals surface area contributed by atoms with Crippen LogP contribution in [-0.4, -0.2) is 0 Å². The highest BCUT2D eigenvalue weighted by atomic mass is 15.2. The summed E-state index contributed by atoms with van der Waals surface area (Å²) in [6.45, 7) is 9.34. The van der Waals surface area contributed by atoms with E-state index in [-0.39, 0.29) is 10.8 Å². The summed E-state index contributed by atoms with van der Waals surface area (Å²) in [6, 6.07) is 115. The van der Waals surface area contributed by atoms with Crippen molar-refractivity contribution in [3.63, 3.8) is 0 Å². The molecule has 2 aliphatic rings. The Hall–Kier alpha value is -10.4. The third-order valence-corrected chi connectivity index (χ3v) is 17.2. The summed E-state index contributed by atoms with van der Waals surface area (Å²) in [5.41, 5.74) is 25.4. The summed E-state index contributed by atoms with van der Waals surface area (Å²) in [5, 5.41) is 0. The van der Waals surface area contributed by atoms with E-state index in [2.05, 4.69) is 363 Å². The minimum absolute atomic E-state index is 0.129. The van der Waals surface area contributed by atoms with E-state index in [9.17, 15) is 0 Å². The van der Waals surface area contributed by atoms with Gasteiger partial charge >= 0.3 is 0 Å². The molecule has 2 heterocycles. The van der Waals surface area contributed by atoms with Gasteiger partial charge in [-0.15, -0.1) is 0 Å². The number of fused-ring (bicyclic) bond motifs is 4. The van der Waals surface area contributed by atoms with Crippen molar-refractivity contribution in [3.05, 3.63) is 360 Å². The van der Waals surface area contributed by atoms with E-state index in [0.717, 1.165) is 78.9 Å². The predicted octanol–water partition coefficient (Wildman–Crippen LogP) is 21.9. The van der Waals surface area contributed by atoms with Gasteiger partial charge in [0.15, 0.2) is 0 Å². The molecular weight excluding hydrogens is 1020 g/mol. The van der Waals surface area contributed by atoms with Gasteiger partial charge in [-0.2, -0.15) is 0 Å². The van der Waals surface area contributed by atoms with Crippen molar-refractivity contribution in [2.24, 2.45) is 0 Å². The molecule has 84 heavy (non-hydrogen) atoms. The fourth-order valence-corrected chi connectivity index (χ4v) is 13.1. The second-order valence-electron chi connectivity index (χ2n) is 22.9. The number of nitrogens with zero attached hydrogens (tertiary/aromatic N) is 4. The van der Waals surface area contributed by atoms with Crippen LogP contribution in [0.1, 0.15) is 72.2 Å². The van der Waals surface area contributed by atoms with Gasteiger partial charge in [0.05, 0.1) is 22.7 Å². The Morgan fingerprint density at radius 2 is 0.440 bits per heavy atom. The maximum Gasteiger partial charge on any atom is 0.0502 e. The quantitative estimate of drug-likeness (QED) is 0.113. The molecule has 12 aromatic carbocycles. The smallest absolute Gasteiger partial charge is 0.0502 e. The first-order valence-corrected chi connectivity index (χ1v) is 29.2. The molecule has 0 bridgehead atoms. The van der Waals surface area contributed by atoms with Crippen LogP contribution in [0.3, 0.4) is 0 Å². The molecule has 0 amide bonds. The molecule has 0 saturated carbocycles. The Morgan fingerprint density at radius 1 is 0.226 bits per heavy atom. The maximum atomic E-state index is 2.42. The van der Waals surface area contributed by atoms with Crippen LogP contribution in [0.25, 0.3) is 11.1 Å². The lowest BCUT2D eigenvalue weighted by molar-refractivity contribution is 0.632. The lowest BCUT2D eigenvalue weighted by Crippen LogP contribution is -2.30. The average Bonchev–Trinajstić information content (AvgIpc) is 2.46. The number of anilines is 12. The van der Waals surface area contributed by atoms with Crippen LogP contribution in [0.2, 0.25) is 0 Å². The summed E-state index contributed by atoms with van der Waals surface area (Å²) in [5.74, 6) is 0. The van der Waals surface area contributed by atoms with Crippen molar-refractivity contribution in [1.82, 2.24) is 0 Å². The highest BCUT2D eigenvalue weighted by molar-refractivity contribution is 6.05. The van der Waals surface area contributed by atoms with Gasteiger partial charge in [-0.3, -0.25) is 0 Å². The summed E-state index contributed by atoms with van der Waals surface area (Å²) < 4.78 is 0. The van der Waals surface area contributed by atoms with Crippen molar-refractivity contribution in [2.75, 3.05) is 19.6 Å². The van der Waals surface area contributed by atoms with Gasteiger partial charge in [0.1, 0.15) is 0 Å². The molecule has 0 aliphatic carbocycles. The Morgan fingerprint density at radius 3 is 0.726 bits per heavy atom. The van der Waals surface area contributed by atoms with E-state index in [4.69, 9.17) is 0 Å². The standard InChI is InChI=1S/C80H64N4/c1-79(2)69-33-17-21-37-73(69)83(74-38-22-18-34-70(74)79)67-53-49-65(50-54-67)81(61-29-13-7-14-30-61)63-45-41-59(42-46-63)77(57-25-9-5-10-26-57)78(58-27-11-6-12-28-58)60-43-47-64(48-44-60)82(62-31-15-8-16-32-62)66-51-55-68(56-52-66)84-75-39-23-19-35-71(75)80(3,4)72-36-20-24-40-76(72)84/h5-56H,1-4H3/b78-77+. The first-order valence-electron chi connectivity index (χ1n) is 29.2. The Kier molecular flexibility index (Phi) is 13.2. The van der Waals surface area contributed by atoms with Gasteiger partial charge in [-0.25, -0.2) is 0 Å². The summed E-state index contributed by atoms with van der Waals surface area (Å²) >= 11 is 0. The third-order valence-electron chi connectivity index (χ3n) is 17.2. The summed E-state index contributed by atoms with van der Waals surface area (Å²) in [7, 11) is 0. The molecule has 0 fully saturated rings. The summed E-state index contributed by atoms with van der Waals surface area (Å²) in [6.07, 6.45) is 0. The predicted molar refractivity (Wildman–Crippen MR) is 354 cm³/mol. The Balaban J connectivity index is 0.838. The van der Waals surface area contributed by atoms with Crippen molar-refractivity contribution < 1.29 is 0 Å². The lowest BCUT2D eigenvalue weighted by atomic mass is 9.73. The minimum Gasteiger partial charge on any atom is -0.311 e. The largest absolute Gasteiger partial charge is 0.311 e. The van der Waals surface area contributed by atoms with Crippen LogP contribution in [0.4, 0.5) is 68.2 Å². The zero-order valence-electron chi connectivity index (χ0n) is 47.8. The van der Waals surface area contributed by atoms with Crippen LogP contribution >= 0.6 is 0 Å². The molecule has 12 aromatic rings. The minimum atomic E-state index is -0.129. The van der Waals surface area contributed by atoms with Gasteiger partial charge in [-0.1, -0.05) is 222 Å². The van der Waals surface area contributed by atoms with Gasteiger partial charge in [0.2, 0.25) is 0 Å². The molecule has 404 valence electrons. The Bertz CT molecular complexity index is 3940. The molecule has 4 heteroatoms. The molecule has 0 atom stereocenters. The zero-order chi connectivity index (χ0) is 56.8. The molecular formula is C80H64N4. The molecule has 2 aliphatic heterocycles. The molecule has 0 N–H and O–H groups in total. The van der Waals surface area contributed by atoms with Gasteiger partial charge in [0.25, 0.3) is 0 Å². The number of hydrogen-bond donors (Lipinski definition) is 0. The fraction of sp³-hybridized carbons (Fsp3) is 0.0750. The first-order chi connectivity index (χ1) is 41.2. The topological polar surface area (TPSA) is 13.0 Å². The maximum absolute atomic E-state index is 2.42. The number of benzene rings is 12. The highest BCUT2D eigenvalue weighted by Crippen LogP contribution is 2.54. The van der Waals surface area contributed by atoms with Gasteiger partial charge in [-0.05, 0) is 177 Å². The van der Waals surface area contributed by atoms with E-state index in [1.807, 2.05) is 0 Å². The van der Waals surface area contributed by atoms with E-state index in [1.165, 1.54) is 45.0 Å². The highest BCUT2D eigenvalue weighted by Gasteiger charge is 2.38. The van der Waals surface area contributed by atoms with E-state index in [1.54, 1.807) is 0 Å². The molecule has 4 nitrogen and oxygen atoms in total. The SMILES string of the molecule is CC1(C)c2ccccc2N(c2ccc(N(c3ccccc3)c3ccc(/C(=C(\c4ccccc4)c4ccc(N(c5ccccc5)c5ccc(N6c7ccccc7C(C)(C)c7ccccc76)cc5)cc4)c4ccccc4)cc3)cc2)c2ccccc21. The van der Waals surface area contributed by atoms with Crippen LogP contribution in [0.5, 0.6) is 0 Å². The monoisotopic (exact) mass is 1080 g/mol. The number of rotatable bonds is 12. The van der Waals surface area contributed by atoms with Crippen LogP contribution < -0.4 is 19.6 Å². The number of para-hydroxylation sites is 6. The van der Waals surface area contributed by atoms with Crippen molar-refractivity contribution in [3.8, 4) is 0 Å². The van der Waals surface area contributed by atoms with E-state index >= 15 is 0 Å². The molecule has 0 unspecified atom stereocenters. The molecule has 0 saturated heterocycles. The van der Waals surface area contributed by atoms with Gasteiger partial charge < -0.3 is 19.6 Å².